The number of rotatable bonds is 4. The van der Waals surface area contributed by atoms with Crippen molar-refractivity contribution in [3.8, 4) is 0 Å². The fourth-order valence-corrected chi connectivity index (χ4v) is 4.01. The van der Waals surface area contributed by atoms with Gasteiger partial charge in [-0.3, -0.25) is 4.99 Å². The molecule has 7 heteroatoms. The Bertz CT molecular complexity index is 711. The molecule has 0 unspecified atom stereocenters. The number of benzene rings is 1. The average Bonchev–Trinajstić information content (AvgIpc) is 2.88. The Morgan fingerprint density at radius 2 is 2.00 bits per heavy atom. The molecule has 6 nitrogen and oxygen atoms in total. The van der Waals surface area contributed by atoms with Crippen molar-refractivity contribution in [2.24, 2.45) is 10.4 Å². The summed E-state index contributed by atoms with van der Waals surface area (Å²) < 4.78 is 26.2. The van der Waals surface area contributed by atoms with Gasteiger partial charge in [0, 0.05) is 40.8 Å². The molecule has 0 aliphatic carbocycles. The second-order valence-electron chi connectivity index (χ2n) is 7.13. The molecule has 0 radical (unpaired) electrons. The topological polar surface area (TPSA) is 65.0 Å². The quantitative estimate of drug-likeness (QED) is 0.662. The van der Waals surface area contributed by atoms with Gasteiger partial charge in [0.15, 0.2) is 5.96 Å². The van der Waals surface area contributed by atoms with Gasteiger partial charge in [0.2, 0.25) is 10.0 Å². The standard InChI is InChI=1S/C17H28N4O2S/c1-17(2)10-11-21(13-17)16(18-3)19-12-14-8-6-7-9-15(14)24(22,23)20(4)5/h6-9H,10-13H2,1-5H3,(H,18,19). The Morgan fingerprint density at radius 1 is 1.33 bits per heavy atom. The number of likely N-dealkylation sites (tertiary alicyclic amines) is 1. The van der Waals surface area contributed by atoms with E-state index >= 15 is 0 Å². The van der Waals surface area contributed by atoms with E-state index in [9.17, 15) is 8.42 Å². The van der Waals surface area contributed by atoms with Gasteiger partial charge in [0.1, 0.15) is 0 Å². The first-order chi connectivity index (χ1) is 11.2. The van der Waals surface area contributed by atoms with Crippen molar-refractivity contribution < 1.29 is 8.42 Å². The van der Waals surface area contributed by atoms with Crippen LogP contribution in [0.2, 0.25) is 0 Å². The molecule has 2 rings (SSSR count). The van der Waals surface area contributed by atoms with Crippen molar-refractivity contribution >= 4 is 16.0 Å². The summed E-state index contributed by atoms with van der Waals surface area (Å²) in [5, 5.41) is 3.31. The monoisotopic (exact) mass is 352 g/mol. The van der Waals surface area contributed by atoms with Gasteiger partial charge in [-0.15, -0.1) is 0 Å². The first-order valence-corrected chi connectivity index (χ1v) is 9.57. The summed E-state index contributed by atoms with van der Waals surface area (Å²) in [7, 11) is 1.39. The van der Waals surface area contributed by atoms with E-state index in [1.165, 1.54) is 4.31 Å². The van der Waals surface area contributed by atoms with Crippen LogP contribution in [0.25, 0.3) is 0 Å². The molecule has 1 aromatic rings. The third-order valence-corrected chi connectivity index (χ3v) is 6.27. The molecular formula is C17H28N4O2S. The van der Waals surface area contributed by atoms with Crippen LogP contribution in [0.1, 0.15) is 25.8 Å². The molecule has 134 valence electrons. The zero-order chi connectivity index (χ0) is 18.0. The van der Waals surface area contributed by atoms with E-state index in [4.69, 9.17) is 0 Å². The largest absolute Gasteiger partial charge is 0.352 e. The summed E-state index contributed by atoms with van der Waals surface area (Å²) in [6.07, 6.45) is 1.12. The molecule has 1 aliphatic rings. The van der Waals surface area contributed by atoms with Crippen LogP contribution < -0.4 is 5.32 Å². The number of nitrogens with one attached hydrogen (secondary N) is 1. The highest BCUT2D eigenvalue weighted by Crippen LogP contribution is 2.28. The molecule has 1 aliphatic heterocycles. The van der Waals surface area contributed by atoms with Crippen LogP contribution in [0.5, 0.6) is 0 Å². The van der Waals surface area contributed by atoms with Crippen LogP contribution in [-0.4, -0.2) is 57.8 Å². The van der Waals surface area contributed by atoms with E-state index in [0.717, 1.165) is 31.0 Å². The minimum Gasteiger partial charge on any atom is -0.352 e. The fourth-order valence-electron chi connectivity index (χ4n) is 2.90. The molecule has 1 saturated heterocycles. The number of hydrogen-bond donors (Lipinski definition) is 1. The SMILES string of the molecule is CN=C(NCc1ccccc1S(=O)(=O)N(C)C)N1CCC(C)(C)C1. The number of guanidine groups is 1. The Kier molecular flexibility index (Phi) is 5.55. The van der Waals surface area contributed by atoms with Crippen molar-refractivity contribution in [3.05, 3.63) is 29.8 Å². The Labute approximate surface area is 145 Å². The number of sulfonamides is 1. The zero-order valence-corrected chi connectivity index (χ0v) is 16.0. The second-order valence-corrected chi connectivity index (χ2v) is 9.25. The van der Waals surface area contributed by atoms with Crippen molar-refractivity contribution in [1.82, 2.24) is 14.5 Å². The summed E-state index contributed by atoms with van der Waals surface area (Å²) in [5.74, 6) is 0.817. The zero-order valence-electron chi connectivity index (χ0n) is 15.2. The average molecular weight is 353 g/mol. The van der Waals surface area contributed by atoms with E-state index in [1.807, 2.05) is 12.1 Å². The predicted octanol–water partition coefficient (Wildman–Crippen LogP) is 1.74. The maximum Gasteiger partial charge on any atom is 0.242 e. The summed E-state index contributed by atoms with van der Waals surface area (Å²) >= 11 is 0. The summed E-state index contributed by atoms with van der Waals surface area (Å²) in [4.78, 5) is 6.91. The summed E-state index contributed by atoms with van der Waals surface area (Å²) in [6.45, 7) is 6.83. The van der Waals surface area contributed by atoms with Gasteiger partial charge in [-0.1, -0.05) is 32.0 Å². The highest BCUT2D eigenvalue weighted by molar-refractivity contribution is 7.89. The maximum atomic E-state index is 12.5. The van der Waals surface area contributed by atoms with Gasteiger partial charge in [0.05, 0.1) is 4.90 Å². The van der Waals surface area contributed by atoms with Gasteiger partial charge in [0.25, 0.3) is 0 Å². The third kappa shape index (κ3) is 4.08. The molecule has 1 heterocycles. The molecule has 1 fully saturated rings. The van der Waals surface area contributed by atoms with Crippen molar-refractivity contribution in [3.63, 3.8) is 0 Å². The van der Waals surface area contributed by atoms with Crippen LogP contribution in [-0.2, 0) is 16.6 Å². The molecule has 24 heavy (non-hydrogen) atoms. The molecule has 0 spiro atoms. The number of nitrogens with zero attached hydrogens (tertiary/aromatic N) is 3. The highest BCUT2D eigenvalue weighted by Gasteiger charge is 2.31. The van der Waals surface area contributed by atoms with Crippen LogP contribution in [0.4, 0.5) is 0 Å². The Balaban J connectivity index is 2.15. The molecule has 0 saturated carbocycles. The predicted molar refractivity (Wildman–Crippen MR) is 97.5 cm³/mol. The van der Waals surface area contributed by atoms with Crippen LogP contribution >= 0.6 is 0 Å². The lowest BCUT2D eigenvalue weighted by Gasteiger charge is -2.24. The van der Waals surface area contributed by atoms with Crippen molar-refractivity contribution in [2.45, 2.75) is 31.7 Å². The van der Waals surface area contributed by atoms with Crippen molar-refractivity contribution in [1.29, 1.82) is 0 Å². The van der Waals surface area contributed by atoms with Gasteiger partial charge >= 0.3 is 0 Å². The van der Waals surface area contributed by atoms with E-state index in [1.54, 1.807) is 33.3 Å². The van der Waals surface area contributed by atoms with Gasteiger partial charge in [-0.2, -0.15) is 0 Å². The normalized spacial score (nSPS) is 18.2. The lowest BCUT2D eigenvalue weighted by atomic mass is 9.93. The molecule has 0 amide bonds. The Hall–Kier alpha value is -1.60. The summed E-state index contributed by atoms with van der Waals surface area (Å²) in [6, 6.07) is 7.09. The van der Waals surface area contributed by atoms with Crippen molar-refractivity contribution in [2.75, 3.05) is 34.2 Å². The van der Waals surface area contributed by atoms with Crippen LogP contribution in [0.15, 0.2) is 34.2 Å². The first-order valence-electron chi connectivity index (χ1n) is 8.13. The number of hydrogen-bond acceptors (Lipinski definition) is 3. The van der Waals surface area contributed by atoms with Gasteiger partial charge in [-0.25, -0.2) is 12.7 Å². The first kappa shape index (κ1) is 18.7. The fraction of sp³-hybridized carbons (Fsp3) is 0.588. The lowest BCUT2D eigenvalue weighted by molar-refractivity contribution is 0.370. The summed E-state index contributed by atoms with van der Waals surface area (Å²) in [5.41, 5.74) is 1.02. The molecular weight excluding hydrogens is 324 g/mol. The molecule has 1 aromatic carbocycles. The van der Waals surface area contributed by atoms with Gasteiger partial charge in [-0.05, 0) is 23.5 Å². The van der Waals surface area contributed by atoms with Crippen LogP contribution in [0, 0.1) is 5.41 Å². The van der Waals surface area contributed by atoms with E-state index in [0.29, 0.717) is 11.4 Å². The molecule has 0 bridgehead atoms. The second kappa shape index (κ2) is 7.11. The maximum absolute atomic E-state index is 12.5. The highest BCUT2D eigenvalue weighted by atomic mass is 32.2. The third-order valence-electron chi connectivity index (χ3n) is 4.36. The molecule has 0 aromatic heterocycles. The minimum absolute atomic E-state index is 0.282. The minimum atomic E-state index is -3.46. The molecule has 1 N–H and O–H groups in total. The van der Waals surface area contributed by atoms with E-state index in [-0.39, 0.29) is 5.41 Å². The van der Waals surface area contributed by atoms with Gasteiger partial charge < -0.3 is 10.2 Å². The smallest absolute Gasteiger partial charge is 0.242 e. The number of aliphatic imine (C=N–C) groups is 1. The molecule has 0 atom stereocenters. The van der Waals surface area contributed by atoms with E-state index < -0.39 is 10.0 Å². The van der Waals surface area contributed by atoms with Crippen LogP contribution in [0.3, 0.4) is 0 Å². The lowest BCUT2D eigenvalue weighted by Crippen LogP contribution is -2.40. The Morgan fingerprint density at radius 3 is 2.54 bits per heavy atom. The van der Waals surface area contributed by atoms with E-state index in [2.05, 4.69) is 29.1 Å².